The average molecular weight is 180 g/mol. The van der Waals surface area contributed by atoms with Gasteiger partial charge in [-0.15, -0.1) is 0 Å². The lowest BCUT2D eigenvalue weighted by molar-refractivity contribution is 0.809. The smallest absolute Gasteiger partial charge is 0.125 e. The molecule has 0 aromatic carbocycles. The van der Waals surface area contributed by atoms with E-state index >= 15 is 0 Å². The zero-order valence-electron chi connectivity index (χ0n) is 9.33. The molecule has 0 aromatic heterocycles. The van der Waals surface area contributed by atoms with E-state index in [-0.39, 0.29) is 0 Å². The van der Waals surface area contributed by atoms with E-state index in [4.69, 9.17) is 0 Å². The highest BCUT2D eigenvalue weighted by Gasteiger charge is 2.01. The first-order valence-corrected chi connectivity index (χ1v) is 4.68. The summed E-state index contributed by atoms with van der Waals surface area (Å²) in [5.74, 6) is 1.71. The minimum atomic E-state index is 0.376. The Labute approximate surface area is 81.5 Å². The second-order valence-corrected chi connectivity index (χ2v) is 3.72. The molecule has 0 saturated heterocycles. The Morgan fingerprint density at radius 2 is 1.69 bits per heavy atom. The molecule has 74 valence electrons. The third-order valence-corrected chi connectivity index (χ3v) is 1.85. The van der Waals surface area contributed by atoms with Crippen molar-refractivity contribution < 1.29 is 0 Å². The topological polar surface area (TPSA) is 24.7 Å². The molecule has 2 nitrogen and oxygen atoms in total. The maximum atomic E-state index is 4.29. The highest BCUT2D eigenvalue weighted by atomic mass is 14.9. The minimum Gasteiger partial charge on any atom is -0.274 e. The summed E-state index contributed by atoms with van der Waals surface area (Å²) in [5, 5.41) is 0. The molecule has 0 aromatic rings. The number of amidine groups is 1. The van der Waals surface area contributed by atoms with Crippen LogP contribution in [0.1, 0.15) is 27.7 Å². The molecule has 0 N–H and O–H groups in total. The van der Waals surface area contributed by atoms with Crippen LogP contribution in [0.25, 0.3) is 0 Å². The second kappa shape index (κ2) is 5.68. The van der Waals surface area contributed by atoms with Gasteiger partial charge in [0.25, 0.3) is 0 Å². The number of allylic oxidation sites excluding steroid dienone is 1. The molecule has 0 rings (SSSR count). The van der Waals surface area contributed by atoms with Gasteiger partial charge in [-0.3, -0.25) is 4.99 Å². The molecule has 0 amide bonds. The van der Waals surface area contributed by atoms with Gasteiger partial charge in [0.05, 0.1) is 0 Å². The number of aliphatic imine (C=N–C) groups is 2. The monoisotopic (exact) mass is 180 g/mol. The van der Waals surface area contributed by atoms with Crippen molar-refractivity contribution >= 4 is 12.1 Å². The van der Waals surface area contributed by atoms with Gasteiger partial charge in [0, 0.05) is 19.2 Å². The molecule has 0 saturated carbocycles. The summed E-state index contributed by atoms with van der Waals surface area (Å²) in [5.41, 5.74) is 1.04. The normalized spacial score (nSPS) is 13.3. The summed E-state index contributed by atoms with van der Waals surface area (Å²) in [6, 6.07) is 0. The van der Waals surface area contributed by atoms with Gasteiger partial charge in [-0.05, 0) is 11.5 Å². The molecule has 0 heterocycles. The van der Waals surface area contributed by atoms with Crippen molar-refractivity contribution in [3.05, 3.63) is 12.2 Å². The third-order valence-electron chi connectivity index (χ3n) is 1.85. The number of nitrogens with zero attached hydrogens (tertiary/aromatic N) is 2. The molecule has 0 unspecified atom stereocenters. The molecular formula is C11H20N2. The first kappa shape index (κ1) is 12.1. The van der Waals surface area contributed by atoms with Gasteiger partial charge in [-0.25, -0.2) is 4.99 Å². The summed E-state index contributed by atoms with van der Waals surface area (Å²) in [7, 11) is 1.77. The molecule has 0 fully saturated rings. The van der Waals surface area contributed by atoms with Crippen molar-refractivity contribution in [2.45, 2.75) is 27.7 Å². The third kappa shape index (κ3) is 4.61. The number of rotatable bonds is 3. The van der Waals surface area contributed by atoms with Gasteiger partial charge >= 0.3 is 0 Å². The Hall–Kier alpha value is -0.920. The Bertz CT molecular complexity index is 222. The largest absolute Gasteiger partial charge is 0.274 e. The zero-order chi connectivity index (χ0) is 10.4. The lowest BCUT2D eigenvalue weighted by Gasteiger charge is -2.05. The maximum Gasteiger partial charge on any atom is 0.125 e. The maximum absolute atomic E-state index is 4.29. The SMILES string of the molecule is C=C(C=NC(=NC)C(C)C)C(C)C. The fourth-order valence-corrected chi connectivity index (χ4v) is 0.763. The van der Waals surface area contributed by atoms with Crippen LogP contribution in [0.2, 0.25) is 0 Å². The van der Waals surface area contributed by atoms with Crippen LogP contribution < -0.4 is 0 Å². The molecule has 2 heteroatoms. The van der Waals surface area contributed by atoms with E-state index in [0.29, 0.717) is 11.8 Å². The standard InChI is InChI=1S/C11H20N2/c1-8(2)10(5)7-13-11(12-6)9(3)4/h7-9H,5H2,1-4,6H3. The van der Waals surface area contributed by atoms with E-state index in [0.717, 1.165) is 11.4 Å². The zero-order valence-corrected chi connectivity index (χ0v) is 9.33. The minimum absolute atomic E-state index is 0.376. The Balaban J connectivity index is 4.34. The van der Waals surface area contributed by atoms with E-state index in [1.54, 1.807) is 7.05 Å². The summed E-state index contributed by atoms with van der Waals surface area (Å²) in [6.45, 7) is 12.3. The molecule has 13 heavy (non-hydrogen) atoms. The predicted molar refractivity (Wildman–Crippen MR) is 60.7 cm³/mol. The van der Waals surface area contributed by atoms with Gasteiger partial charge < -0.3 is 0 Å². The number of hydrogen-bond donors (Lipinski definition) is 0. The summed E-state index contributed by atoms with van der Waals surface area (Å²) >= 11 is 0. The van der Waals surface area contributed by atoms with Crippen LogP contribution in [0, 0.1) is 11.8 Å². The highest BCUT2D eigenvalue weighted by Crippen LogP contribution is 2.04. The molecular weight excluding hydrogens is 160 g/mol. The van der Waals surface area contributed by atoms with E-state index in [1.807, 2.05) is 6.21 Å². The Kier molecular flexibility index (Phi) is 5.28. The lowest BCUT2D eigenvalue weighted by atomic mass is 10.1. The first-order valence-electron chi connectivity index (χ1n) is 4.68. The van der Waals surface area contributed by atoms with Crippen molar-refractivity contribution in [2.24, 2.45) is 21.8 Å². The summed E-state index contributed by atoms with van der Waals surface area (Å²) in [4.78, 5) is 8.38. The summed E-state index contributed by atoms with van der Waals surface area (Å²) in [6.07, 6.45) is 1.81. The van der Waals surface area contributed by atoms with E-state index in [1.165, 1.54) is 0 Å². The molecule has 0 aliphatic heterocycles. The van der Waals surface area contributed by atoms with Crippen LogP contribution in [0.5, 0.6) is 0 Å². The fourth-order valence-electron chi connectivity index (χ4n) is 0.763. The predicted octanol–water partition coefficient (Wildman–Crippen LogP) is 2.95. The van der Waals surface area contributed by atoms with Crippen LogP contribution >= 0.6 is 0 Å². The van der Waals surface area contributed by atoms with Crippen molar-refractivity contribution in [2.75, 3.05) is 7.05 Å². The number of hydrogen-bond acceptors (Lipinski definition) is 1. The Morgan fingerprint density at radius 3 is 2.00 bits per heavy atom. The molecule has 0 spiro atoms. The van der Waals surface area contributed by atoms with Gasteiger partial charge in [0.15, 0.2) is 0 Å². The van der Waals surface area contributed by atoms with Gasteiger partial charge in [-0.2, -0.15) is 0 Å². The highest BCUT2D eigenvalue weighted by molar-refractivity contribution is 5.95. The molecule has 0 radical (unpaired) electrons. The van der Waals surface area contributed by atoms with E-state index in [9.17, 15) is 0 Å². The Morgan fingerprint density at radius 1 is 1.15 bits per heavy atom. The van der Waals surface area contributed by atoms with Gasteiger partial charge in [0.1, 0.15) is 5.84 Å². The van der Waals surface area contributed by atoms with E-state index in [2.05, 4.69) is 44.3 Å². The van der Waals surface area contributed by atoms with Crippen LogP contribution in [0.4, 0.5) is 0 Å². The van der Waals surface area contributed by atoms with Crippen molar-refractivity contribution in [3.63, 3.8) is 0 Å². The molecule has 0 aliphatic carbocycles. The van der Waals surface area contributed by atoms with Gasteiger partial charge in [0.2, 0.25) is 0 Å². The first-order chi connectivity index (χ1) is 5.99. The second-order valence-electron chi connectivity index (χ2n) is 3.72. The van der Waals surface area contributed by atoms with Crippen LogP contribution in [0.15, 0.2) is 22.1 Å². The van der Waals surface area contributed by atoms with E-state index < -0.39 is 0 Å². The van der Waals surface area contributed by atoms with Crippen molar-refractivity contribution in [1.29, 1.82) is 0 Å². The lowest BCUT2D eigenvalue weighted by Crippen LogP contribution is -2.05. The molecule has 0 bridgehead atoms. The summed E-state index contributed by atoms with van der Waals surface area (Å²) < 4.78 is 0. The average Bonchev–Trinajstić information content (AvgIpc) is 2.04. The van der Waals surface area contributed by atoms with Crippen LogP contribution in [-0.4, -0.2) is 19.1 Å². The van der Waals surface area contributed by atoms with Crippen LogP contribution in [0.3, 0.4) is 0 Å². The van der Waals surface area contributed by atoms with Gasteiger partial charge in [-0.1, -0.05) is 34.3 Å². The fraction of sp³-hybridized carbons (Fsp3) is 0.636. The van der Waals surface area contributed by atoms with Crippen LogP contribution in [-0.2, 0) is 0 Å². The van der Waals surface area contributed by atoms with Crippen molar-refractivity contribution in [3.8, 4) is 0 Å². The van der Waals surface area contributed by atoms with Crippen molar-refractivity contribution in [1.82, 2.24) is 0 Å². The molecule has 0 aliphatic rings. The molecule has 0 atom stereocenters. The quantitative estimate of drug-likeness (QED) is 0.471.